The zero-order chi connectivity index (χ0) is 16.8. The van der Waals surface area contributed by atoms with E-state index in [9.17, 15) is 0 Å². The first kappa shape index (κ1) is 17.0. The second kappa shape index (κ2) is 8.33. The molecule has 2 aromatic rings. The summed E-state index contributed by atoms with van der Waals surface area (Å²) in [5.74, 6) is 1.32. The molecule has 1 aliphatic rings. The van der Waals surface area contributed by atoms with E-state index in [-0.39, 0.29) is 12.7 Å². The summed E-state index contributed by atoms with van der Waals surface area (Å²) in [5.41, 5.74) is 0.884. The van der Waals surface area contributed by atoms with Crippen molar-refractivity contribution in [2.75, 3.05) is 26.2 Å². The Morgan fingerprint density at radius 3 is 2.83 bits per heavy atom. The number of ether oxygens (including phenoxy) is 2. The number of halogens is 1. The number of nitrogens with zero attached hydrogens (tertiary/aromatic N) is 2. The number of rotatable bonds is 7. The number of hydrogen-bond donors (Lipinski definition) is 1. The highest BCUT2D eigenvalue weighted by atomic mass is 35.5. The SMILES string of the molecule is OCc1ccc(OCCN2CCC(Oc3ncccc3Cl)C2)cc1. The molecule has 0 bridgehead atoms. The largest absolute Gasteiger partial charge is 0.492 e. The molecular formula is C18H21ClN2O3. The molecule has 128 valence electrons. The molecule has 1 saturated heterocycles. The molecule has 0 saturated carbocycles. The molecule has 0 aliphatic carbocycles. The van der Waals surface area contributed by atoms with Gasteiger partial charge in [-0.15, -0.1) is 0 Å². The van der Waals surface area contributed by atoms with Crippen LogP contribution < -0.4 is 9.47 Å². The molecule has 0 radical (unpaired) electrons. The zero-order valence-corrected chi connectivity index (χ0v) is 14.2. The van der Waals surface area contributed by atoms with Gasteiger partial charge in [0.25, 0.3) is 0 Å². The number of pyridine rings is 1. The Labute approximate surface area is 146 Å². The van der Waals surface area contributed by atoms with E-state index in [0.717, 1.165) is 37.4 Å². The number of aromatic nitrogens is 1. The third kappa shape index (κ3) is 4.60. The maximum atomic E-state index is 9.02. The quantitative estimate of drug-likeness (QED) is 0.833. The van der Waals surface area contributed by atoms with Crippen molar-refractivity contribution in [3.05, 3.63) is 53.2 Å². The molecule has 5 nitrogen and oxygen atoms in total. The van der Waals surface area contributed by atoms with Gasteiger partial charge in [-0.1, -0.05) is 23.7 Å². The van der Waals surface area contributed by atoms with Gasteiger partial charge < -0.3 is 14.6 Å². The van der Waals surface area contributed by atoms with E-state index in [1.54, 1.807) is 18.3 Å². The van der Waals surface area contributed by atoms with Crippen molar-refractivity contribution in [2.45, 2.75) is 19.1 Å². The van der Waals surface area contributed by atoms with Crippen molar-refractivity contribution in [1.82, 2.24) is 9.88 Å². The molecule has 1 aromatic carbocycles. The summed E-state index contributed by atoms with van der Waals surface area (Å²) >= 11 is 6.08. The van der Waals surface area contributed by atoms with Gasteiger partial charge in [-0.3, -0.25) is 4.90 Å². The number of likely N-dealkylation sites (tertiary alicyclic amines) is 1. The van der Waals surface area contributed by atoms with Crippen LogP contribution >= 0.6 is 11.6 Å². The van der Waals surface area contributed by atoms with Gasteiger partial charge in [0, 0.05) is 25.8 Å². The van der Waals surface area contributed by atoms with Gasteiger partial charge in [-0.25, -0.2) is 4.98 Å². The molecule has 1 fully saturated rings. The highest BCUT2D eigenvalue weighted by Crippen LogP contribution is 2.24. The summed E-state index contributed by atoms with van der Waals surface area (Å²) in [7, 11) is 0. The van der Waals surface area contributed by atoms with Crippen molar-refractivity contribution >= 4 is 11.6 Å². The van der Waals surface area contributed by atoms with Crippen LogP contribution in [0.4, 0.5) is 0 Å². The topological polar surface area (TPSA) is 54.8 Å². The fourth-order valence-electron chi connectivity index (χ4n) is 2.70. The standard InChI is InChI=1S/C18H21ClN2O3/c19-17-2-1-8-20-18(17)24-16-7-9-21(12-16)10-11-23-15-5-3-14(13-22)4-6-15/h1-6,8,16,22H,7,9-13H2. The third-order valence-corrected chi connectivity index (χ3v) is 4.30. The van der Waals surface area contributed by atoms with Crippen LogP contribution in [0.15, 0.2) is 42.6 Å². The van der Waals surface area contributed by atoms with Crippen LogP contribution in [0.25, 0.3) is 0 Å². The molecule has 1 aliphatic heterocycles. The lowest BCUT2D eigenvalue weighted by molar-refractivity contribution is 0.181. The van der Waals surface area contributed by atoms with Gasteiger partial charge >= 0.3 is 0 Å². The molecule has 24 heavy (non-hydrogen) atoms. The molecule has 1 atom stereocenters. The number of hydrogen-bond acceptors (Lipinski definition) is 5. The van der Waals surface area contributed by atoms with E-state index < -0.39 is 0 Å². The van der Waals surface area contributed by atoms with Crippen LogP contribution in [0.2, 0.25) is 5.02 Å². The number of benzene rings is 1. The Kier molecular flexibility index (Phi) is 5.91. The Balaban J connectivity index is 1.40. The Morgan fingerprint density at radius 1 is 1.25 bits per heavy atom. The van der Waals surface area contributed by atoms with Crippen LogP contribution in [-0.2, 0) is 6.61 Å². The van der Waals surface area contributed by atoms with Crippen LogP contribution in [-0.4, -0.2) is 47.3 Å². The van der Waals surface area contributed by atoms with Crippen LogP contribution in [0.3, 0.4) is 0 Å². The summed E-state index contributed by atoms with van der Waals surface area (Å²) in [6.07, 6.45) is 2.75. The lowest BCUT2D eigenvalue weighted by Crippen LogP contribution is -2.29. The monoisotopic (exact) mass is 348 g/mol. The molecule has 1 unspecified atom stereocenters. The number of aliphatic hydroxyl groups excluding tert-OH is 1. The Bertz CT molecular complexity index is 651. The average molecular weight is 349 g/mol. The second-order valence-electron chi connectivity index (χ2n) is 5.77. The van der Waals surface area contributed by atoms with Gasteiger partial charge in [-0.2, -0.15) is 0 Å². The van der Waals surface area contributed by atoms with Gasteiger partial charge in [0.2, 0.25) is 5.88 Å². The summed E-state index contributed by atoms with van der Waals surface area (Å²) in [4.78, 5) is 6.48. The average Bonchev–Trinajstić information content (AvgIpc) is 3.05. The Morgan fingerprint density at radius 2 is 2.08 bits per heavy atom. The van der Waals surface area contributed by atoms with Crippen molar-refractivity contribution in [3.63, 3.8) is 0 Å². The van der Waals surface area contributed by atoms with E-state index in [0.29, 0.717) is 17.5 Å². The van der Waals surface area contributed by atoms with Gasteiger partial charge in [0.15, 0.2) is 0 Å². The lowest BCUT2D eigenvalue weighted by Gasteiger charge is -2.17. The first-order valence-electron chi connectivity index (χ1n) is 8.07. The molecule has 3 rings (SSSR count). The van der Waals surface area contributed by atoms with Gasteiger partial charge in [0.1, 0.15) is 23.5 Å². The minimum absolute atomic E-state index is 0.0513. The zero-order valence-electron chi connectivity index (χ0n) is 13.4. The van der Waals surface area contributed by atoms with Crippen LogP contribution in [0.1, 0.15) is 12.0 Å². The summed E-state index contributed by atoms with van der Waals surface area (Å²) in [6, 6.07) is 11.1. The van der Waals surface area contributed by atoms with Gasteiger partial charge in [0.05, 0.1) is 6.61 Å². The fourth-order valence-corrected chi connectivity index (χ4v) is 2.86. The molecule has 6 heteroatoms. The maximum Gasteiger partial charge on any atom is 0.232 e. The van der Waals surface area contributed by atoms with Crippen molar-refractivity contribution in [2.24, 2.45) is 0 Å². The highest BCUT2D eigenvalue weighted by molar-refractivity contribution is 6.31. The molecule has 1 aromatic heterocycles. The van der Waals surface area contributed by atoms with E-state index in [4.69, 9.17) is 26.2 Å². The second-order valence-corrected chi connectivity index (χ2v) is 6.18. The number of aliphatic hydroxyl groups is 1. The third-order valence-electron chi connectivity index (χ3n) is 4.01. The van der Waals surface area contributed by atoms with Crippen molar-refractivity contribution in [1.29, 1.82) is 0 Å². The van der Waals surface area contributed by atoms with Crippen LogP contribution in [0, 0.1) is 0 Å². The smallest absolute Gasteiger partial charge is 0.232 e. The van der Waals surface area contributed by atoms with E-state index in [1.807, 2.05) is 24.3 Å². The lowest BCUT2D eigenvalue weighted by atomic mass is 10.2. The molecule has 0 amide bonds. The highest BCUT2D eigenvalue weighted by Gasteiger charge is 2.24. The minimum atomic E-state index is 0.0513. The molecule has 2 heterocycles. The first-order valence-corrected chi connectivity index (χ1v) is 8.44. The predicted octanol–water partition coefficient (Wildman–Crippen LogP) is 2.76. The van der Waals surface area contributed by atoms with Crippen molar-refractivity contribution < 1.29 is 14.6 Å². The molecular weight excluding hydrogens is 328 g/mol. The van der Waals surface area contributed by atoms with Crippen LogP contribution in [0.5, 0.6) is 11.6 Å². The van der Waals surface area contributed by atoms with Gasteiger partial charge in [-0.05, 0) is 36.2 Å². The molecule has 0 spiro atoms. The first-order chi connectivity index (χ1) is 11.7. The van der Waals surface area contributed by atoms with E-state index in [2.05, 4.69) is 9.88 Å². The summed E-state index contributed by atoms with van der Waals surface area (Å²) < 4.78 is 11.6. The normalized spacial score (nSPS) is 17.8. The van der Waals surface area contributed by atoms with E-state index >= 15 is 0 Å². The van der Waals surface area contributed by atoms with E-state index in [1.165, 1.54) is 0 Å². The molecule has 1 N–H and O–H groups in total. The Hall–Kier alpha value is -1.82. The minimum Gasteiger partial charge on any atom is -0.492 e. The maximum absolute atomic E-state index is 9.02. The predicted molar refractivity (Wildman–Crippen MR) is 92.6 cm³/mol. The van der Waals surface area contributed by atoms with Crippen molar-refractivity contribution in [3.8, 4) is 11.6 Å². The summed E-state index contributed by atoms with van der Waals surface area (Å²) in [5, 5.41) is 9.57. The summed E-state index contributed by atoms with van der Waals surface area (Å²) in [6.45, 7) is 3.34. The fraction of sp³-hybridized carbons (Fsp3) is 0.389.